The van der Waals surface area contributed by atoms with E-state index in [1.807, 2.05) is 6.92 Å². The van der Waals surface area contributed by atoms with E-state index in [4.69, 9.17) is 0 Å². The van der Waals surface area contributed by atoms with Crippen molar-refractivity contribution in [3.8, 4) is 0 Å². The van der Waals surface area contributed by atoms with E-state index in [2.05, 4.69) is 5.32 Å². The predicted octanol–water partition coefficient (Wildman–Crippen LogP) is 3.49. The van der Waals surface area contributed by atoms with E-state index in [1.165, 1.54) is 31.4 Å². The summed E-state index contributed by atoms with van der Waals surface area (Å²) in [4.78, 5) is 0. The maximum Gasteiger partial charge on any atom is 0.125 e. The molecule has 0 radical (unpaired) electrons. The van der Waals surface area contributed by atoms with Gasteiger partial charge < -0.3 is 10.4 Å². The Labute approximate surface area is 108 Å². The molecular formula is C15H22FNO. The van der Waals surface area contributed by atoms with E-state index in [0.717, 1.165) is 30.6 Å². The van der Waals surface area contributed by atoms with E-state index in [0.29, 0.717) is 0 Å². The highest BCUT2D eigenvalue weighted by Crippen LogP contribution is 2.36. The second-order valence-electron chi connectivity index (χ2n) is 5.53. The van der Waals surface area contributed by atoms with Crippen LogP contribution in [-0.2, 0) is 0 Å². The van der Waals surface area contributed by atoms with E-state index >= 15 is 0 Å². The van der Waals surface area contributed by atoms with Crippen LogP contribution in [0.5, 0.6) is 0 Å². The van der Waals surface area contributed by atoms with Gasteiger partial charge in [0.2, 0.25) is 0 Å². The van der Waals surface area contributed by atoms with Crippen LogP contribution in [0.15, 0.2) is 18.2 Å². The summed E-state index contributed by atoms with van der Waals surface area (Å²) in [5.41, 5.74) is 1.87. The molecule has 3 heteroatoms. The van der Waals surface area contributed by atoms with Crippen molar-refractivity contribution < 1.29 is 9.50 Å². The van der Waals surface area contributed by atoms with Gasteiger partial charge in [0.15, 0.2) is 0 Å². The first-order valence-electron chi connectivity index (χ1n) is 6.76. The molecule has 0 aliphatic heterocycles. The Hall–Kier alpha value is -1.09. The molecule has 1 aliphatic carbocycles. The number of anilines is 1. The van der Waals surface area contributed by atoms with Gasteiger partial charge in [-0.05, 0) is 37.5 Å². The topological polar surface area (TPSA) is 32.3 Å². The molecule has 18 heavy (non-hydrogen) atoms. The number of rotatable bonds is 4. The second kappa shape index (κ2) is 5.70. The van der Waals surface area contributed by atoms with Crippen LogP contribution in [0.2, 0.25) is 0 Å². The normalized spacial score (nSPS) is 18.6. The summed E-state index contributed by atoms with van der Waals surface area (Å²) >= 11 is 0. The Bertz CT molecular complexity index is 399. The minimum atomic E-state index is -0.218. The van der Waals surface area contributed by atoms with Gasteiger partial charge in [-0.1, -0.05) is 25.3 Å². The zero-order valence-corrected chi connectivity index (χ0v) is 11.0. The lowest BCUT2D eigenvalue weighted by molar-refractivity contribution is 0.0944. The van der Waals surface area contributed by atoms with Gasteiger partial charge in [-0.3, -0.25) is 0 Å². The van der Waals surface area contributed by atoms with Crippen molar-refractivity contribution in [2.45, 2.75) is 39.0 Å². The van der Waals surface area contributed by atoms with E-state index in [-0.39, 0.29) is 17.8 Å². The molecule has 2 N–H and O–H groups in total. The van der Waals surface area contributed by atoms with Gasteiger partial charge >= 0.3 is 0 Å². The molecule has 0 aromatic heterocycles. The van der Waals surface area contributed by atoms with Crippen LogP contribution >= 0.6 is 0 Å². The summed E-state index contributed by atoms with van der Waals surface area (Å²) in [6.07, 6.45) is 5.76. The summed E-state index contributed by atoms with van der Waals surface area (Å²) < 4.78 is 13.2. The molecule has 0 spiro atoms. The molecule has 0 unspecified atom stereocenters. The first kappa shape index (κ1) is 13.3. The first-order chi connectivity index (χ1) is 8.65. The van der Waals surface area contributed by atoms with Crippen molar-refractivity contribution in [2.24, 2.45) is 5.41 Å². The molecule has 0 amide bonds. The third kappa shape index (κ3) is 3.02. The smallest absolute Gasteiger partial charge is 0.125 e. The first-order valence-corrected chi connectivity index (χ1v) is 6.76. The minimum absolute atomic E-state index is 0.0169. The number of hydrogen-bond acceptors (Lipinski definition) is 2. The standard InChI is InChI=1S/C15H22FNO/c1-12-5-6-13(16)9-14(12)17-10-15(11-18)7-3-2-4-8-15/h5-6,9,17-18H,2-4,7-8,10-11H2,1H3. The Morgan fingerprint density at radius 2 is 2.00 bits per heavy atom. The molecule has 2 nitrogen and oxygen atoms in total. The largest absolute Gasteiger partial charge is 0.396 e. The summed E-state index contributed by atoms with van der Waals surface area (Å²) in [5.74, 6) is -0.218. The van der Waals surface area contributed by atoms with Crippen molar-refractivity contribution in [3.63, 3.8) is 0 Å². The van der Waals surface area contributed by atoms with Gasteiger partial charge in [0.1, 0.15) is 5.82 Å². The minimum Gasteiger partial charge on any atom is -0.396 e. The number of nitrogens with one attached hydrogen (secondary N) is 1. The molecule has 0 atom stereocenters. The molecule has 0 saturated heterocycles. The number of aryl methyl sites for hydroxylation is 1. The maximum absolute atomic E-state index is 13.2. The summed E-state index contributed by atoms with van der Waals surface area (Å²) in [7, 11) is 0. The average Bonchev–Trinajstić information content (AvgIpc) is 2.41. The fraction of sp³-hybridized carbons (Fsp3) is 0.600. The van der Waals surface area contributed by atoms with Crippen LogP contribution in [-0.4, -0.2) is 18.3 Å². The molecule has 100 valence electrons. The second-order valence-corrected chi connectivity index (χ2v) is 5.53. The predicted molar refractivity (Wildman–Crippen MR) is 72.2 cm³/mol. The molecule has 1 aromatic carbocycles. The molecule has 2 rings (SSSR count). The van der Waals surface area contributed by atoms with E-state index in [9.17, 15) is 9.50 Å². The Kier molecular flexibility index (Phi) is 4.23. The third-order valence-electron chi connectivity index (χ3n) is 4.10. The van der Waals surface area contributed by atoms with Crippen LogP contribution in [0.1, 0.15) is 37.7 Å². The fourth-order valence-corrected chi connectivity index (χ4v) is 2.76. The summed E-state index contributed by atoms with van der Waals surface area (Å²) in [6, 6.07) is 4.79. The molecule has 1 aliphatic rings. The third-order valence-corrected chi connectivity index (χ3v) is 4.10. The van der Waals surface area contributed by atoms with E-state index < -0.39 is 0 Å². The highest BCUT2D eigenvalue weighted by atomic mass is 19.1. The average molecular weight is 251 g/mol. The quantitative estimate of drug-likeness (QED) is 0.858. The van der Waals surface area contributed by atoms with Crippen molar-refractivity contribution in [1.29, 1.82) is 0 Å². The van der Waals surface area contributed by atoms with Gasteiger partial charge in [-0.15, -0.1) is 0 Å². The van der Waals surface area contributed by atoms with Gasteiger partial charge in [0.25, 0.3) is 0 Å². The Balaban J connectivity index is 2.03. The monoisotopic (exact) mass is 251 g/mol. The molecule has 0 bridgehead atoms. The fourth-order valence-electron chi connectivity index (χ4n) is 2.76. The number of benzene rings is 1. The van der Waals surface area contributed by atoms with Crippen LogP contribution in [0.25, 0.3) is 0 Å². The number of halogens is 1. The van der Waals surface area contributed by atoms with Gasteiger partial charge in [0.05, 0.1) is 6.61 Å². The highest BCUT2D eigenvalue weighted by molar-refractivity contribution is 5.50. The summed E-state index contributed by atoms with van der Waals surface area (Å²) in [6.45, 7) is 2.91. The van der Waals surface area contributed by atoms with Gasteiger partial charge in [-0.2, -0.15) is 0 Å². The number of hydrogen-bond donors (Lipinski definition) is 2. The number of aliphatic hydroxyl groups is 1. The Morgan fingerprint density at radius 1 is 1.28 bits per heavy atom. The molecule has 1 aromatic rings. The lowest BCUT2D eigenvalue weighted by Crippen LogP contribution is -2.35. The van der Waals surface area contributed by atoms with Crippen LogP contribution < -0.4 is 5.32 Å². The molecular weight excluding hydrogens is 229 g/mol. The molecule has 0 heterocycles. The summed E-state index contributed by atoms with van der Waals surface area (Å²) in [5, 5.41) is 12.9. The lowest BCUT2D eigenvalue weighted by Gasteiger charge is -2.36. The maximum atomic E-state index is 13.2. The SMILES string of the molecule is Cc1ccc(F)cc1NCC1(CO)CCCCC1. The van der Waals surface area contributed by atoms with Crippen LogP contribution in [0.3, 0.4) is 0 Å². The van der Waals surface area contributed by atoms with Gasteiger partial charge in [0, 0.05) is 17.6 Å². The van der Waals surface area contributed by atoms with Crippen molar-refractivity contribution in [3.05, 3.63) is 29.6 Å². The van der Waals surface area contributed by atoms with Gasteiger partial charge in [-0.25, -0.2) is 4.39 Å². The van der Waals surface area contributed by atoms with Crippen LogP contribution in [0, 0.1) is 18.2 Å². The molecule has 1 saturated carbocycles. The highest BCUT2D eigenvalue weighted by Gasteiger charge is 2.31. The number of aliphatic hydroxyl groups excluding tert-OH is 1. The molecule has 1 fully saturated rings. The van der Waals surface area contributed by atoms with Crippen molar-refractivity contribution in [2.75, 3.05) is 18.5 Å². The lowest BCUT2D eigenvalue weighted by atomic mass is 9.74. The van der Waals surface area contributed by atoms with Crippen molar-refractivity contribution in [1.82, 2.24) is 0 Å². The zero-order chi connectivity index (χ0) is 13.0. The Morgan fingerprint density at radius 3 is 2.67 bits per heavy atom. The van der Waals surface area contributed by atoms with Crippen LogP contribution in [0.4, 0.5) is 10.1 Å². The zero-order valence-electron chi connectivity index (χ0n) is 11.0. The van der Waals surface area contributed by atoms with E-state index in [1.54, 1.807) is 6.07 Å². The van der Waals surface area contributed by atoms with Crippen molar-refractivity contribution >= 4 is 5.69 Å².